The zero-order valence-corrected chi connectivity index (χ0v) is 16.7. The fourth-order valence-electron chi connectivity index (χ4n) is 3.40. The number of aromatic nitrogens is 3. The summed E-state index contributed by atoms with van der Waals surface area (Å²) in [5.74, 6) is -2.60. The second-order valence-electron chi connectivity index (χ2n) is 7.15. The molecule has 1 saturated heterocycles. The molecule has 8 nitrogen and oxygen atoms in total. The molecule has 0 bridgehead atoms. The minimum atomic E-state index is -1.05. The number of carbonyl (C=O) groups excluding carboxylic acids is 1. The smallest absolute Gasteiger partial charge is 0.287 e. The van der Waals surface area contributed by atoms with Crippen molar-refractivity contribution in [2.45, 2.75) is 12.8 Å². The van der Waals surface area contributed by atoms with E-state index in [-0.39, 0.29) is 11.9 Å². The molecule has 31 heavy (non-hydrogen) atoms. The summed E-state index contributed by atoms with van der Waals surface area (Å²) in [6.07, 6.45) is 2.49. The maximum Gasteiger partial charge on any atom is 0.287 e. The van der Waals surface area contributed by atoms with Gasteiger partial charge in [0.2, 0.25) is 11.9 Å². The molecule has 4 rings (SSSR count). The van der Waals surface area contributed by atoms with Crippen LogP contribution in [0.25, 0.3) is 0 Å². The summed E-state index contributed by atoms with van der Waals surface area (Å²) in [6, 6.07) is 10.3. The van der Waals surface area contributed by atoms with E-state index in [9.17, 15) is 13.6 Å². The molecule has 3 N–H and O–H groups in total. The van der Waals surface area contributed by atoms with Gasteiger partial charge in [-0.25, -0.2) is 8.78 Å². The molecule has 1 aromatic heterocycles. The standard InChI is InChI=1S/C21H22F2N6O2/c22-16-4-3-5-17(23)18(16)19(30)29-20(24)26-21(27-29)25-14-6-8-15(9-7-14)31-13-12-28-10-1-2-11-28/h3-9H,1-2,10-13H2,(H3,24,25,26,27). The Morgan fingerprint density at radius 2 is 1.77 bits per heavy atom. The van der Waals surface area contributed by atoms with Crippen LogP contribution in [-0.2, 0) is 0 Å². The number of carbonyl (C=O) groups is 1. The molecule has 0 atom stereocenters. The number of hydrogen-bond donors (Lipinski definition) is 2. The van der Waals surface area contributed by atoms with Crippen molar-refractivity contribution in [3.05, 3.63) is 59.7 Å². The van der Waals surface area contributed by atoms with E-state index in [2.05, 4.69) is 20.3 Å². The van der Waals surface area contributed by atoms with Crippen LogP contribution in [0.5, 0.6) is 5.75 Å². The Kier molecular flexibility index (Phi) is 6.08. The number of anilines is 3. The maximum absolute atomic E-state index is 13.9. The van der Waals surface area contributed by atoms with Crippen molar-refractivity contribution in [1.82, 2.24) is 19.7 Å². The van der Waals surface area contributed by atoms with Gasteiger partial charge in [0, 0.05) is 12.2 Å². The van der Waals surface area contributed by atoms with E-state index < -0.39 is 23.1 Å². The Labute approximate surface area is 177 Å². The number of likely N-dealkylation sites (tertiary alicyclic amines) is 1. The van der Waals surface area contributed by atoms with Crippen molar-refractivity contribution in [2.24, 2.45) is 0 Å². The average Bonchev–Trinajstić information content (AvgIpc) is 3.39. The van der Waals surface area contributed by atoms with Gasteiger partial charge in [0.05, 0.1) is 0 Å². The van der Waals surface area contributed by atoms with Gasteiger partial charge in [0.25, 0.3) is 5.91 Å². The van der Waals surface area contributed by atoms with Crippen LogP contribution in [-0.4, -0.2) is 51.8 Å². The molecular formula is C21H22F2N6O2. The van der Waals surface area contributed by atoms with Gasteiger partial charge >= 0.3 is 0 Å². The predicted molar refractivity (Wildman–Crippen MR) is 111 cm³/mol. The van der Waals surface area contributed by atoms with Crippen molar-refractivity contribution in [1.29, 1.82) is 0 Å². The van der Waals surface area contributed by atoms with Crippen LogP contribution >= 0.6 is 0 Å². The number of ether oxygens (including phenoxy) is 1. The predicted octanol–water partition coefficient (Wildman–Crippen LogP) is 3.05. The minimum absolute atomic E-state index is 0.0188. The summed E-state index contributed by atoms with van der Waals surface area (Å²) in [6.45, 7) is 3.77. The van der Waals surface area contributed by atoms with Gasteiger partial charge in [0.15, 0.2) is 0 Å². The minimum Gasteiger partial charge on any atom is -0.492 e. The van der Waals surface area contributed by atoms with Crippen molar-refractivity contribution in [3.63, 3.8) is 0 Å². The van der Waals surface area contributed by atoms with Crippen molar-refractivity contribution in [2.75, 3.05) is 37.3 Å². The highest BCUT2D eigenvalue weighted by atomic mass is 19.1. The Balaban J connectivity index is 1.39. The molecule has 3 aromatic rings. The van der Waals surface area contributed by atoms with Crippen molar-refractivity contribution >= 4 is 23.5 Å². The highest BCUT2D eigenvalue weighted by Gasteiger charge is 2.23. The third-order valence-electron chi connectivity index (χ3n) is 4.99. The van der Waals surface area contributed by atoms with Gasteiger partial charge in [-0.2, -0.15) is 9.67 Å². The summed E-state index contributed by atoms with van der Waals surface area (Å²) in [5, 5.41) is 6.83. The number of nitrogens with zero attached hydrogens (tertiary/aromatic N) is 4. The molecule has 162 valence electrons. The molecule has 0 aliphatic carbocycles. The lowest BCUT2D eigenvalue weighted by Crippen LogP contribution is -2.25. The van der Waals surface area contributed by atoms with Gasteiger partial charge in [-0.05, 0) is 62.3 Å². The molecule has 0 amide bonds. The fourth-order valence-corrected chi connectivity index (χ4v) is 3.40. The van der Waals surface area contributed by atoms with E-state index in [0.717, 1.165) is 37.5 Å². The van der Waals surface area contributed by atoms with Gasteiger partial charge in [-0.3, -0.25) is 9.69 Å². The zero-order chi connectivity index (χ0) is 21.8. The third-order valence-corrected chi connectivity index (χ3v) is 4.99. The SMILES string of the molecule is Nc1nc(Nc2ccc(OCCN3CCCC3)cc2)nn1C(=O)c1c(F)cccc1F. The van der Waals surface area contributed by atoms with Gasteiger partial charge in [0.1, 0.15) is 29.6 Å². The van der Waals surface area contributed by atoms with E-state index in [4.69, 9.17) is 10.5 Å². The number of rotatable bonds is 7. The zero-order valence-electron chi connectivity index (χ0n) is 16.7. The lowest BCUT2D eigenvalue weighted by molar-refractivity contribution is 0.0939. The second kappa shape index (κ2) is 9.09. The summed E-state index contributed by atoms with van der Waals surface area (Å²) < 4.78 is 34.2. The van der Waals surface area contributed by atoms with Gasteiger partial charge < -0.3 is 15.8 Å². The van der Waals surface area contributed by atoms with Crippen LogP contribution < -0.4 is 15.8 Å². The fraction of sp³-hybridized carbons (Fsp3) is 0.286. The van der Waals surface area contributed by atoms with Crippen LogP contribution in [0.2, 0.25) is 0 Å². The highest BCUT2D eigenvalue weighted by Crippen LogP contribution is 2.20. The molecule has 0 spiro atoms. The Bertz CT molecular complexity index is 1040. The Hall–Kier alpha value is -3.53. The van der Waals surface area contributed by atoms with E-state index in [1.807, 2.05) is 0 Å². The lowest BCUT2D eigenvalue weighted by Gasteiger charge is -2.15. The summed E-state index contributed by atoms with van der Waals surface area (Å²) in [4.78, 5) is 18.8. The van der Waals surface area contributed by atoms with Crippen LogP contribution in [0, 0.1) is 11.6 Å². The molecule has 1 fully saturated rings. The molecule has 0 radical (unpaired) electrons. The Morgan fingerprint density at radius 3 is 2.45 bits per heavy atom. The van der Waals surface area contributed by atoms with Crippen LogP contribution in [0.15, 0.2) is 42.5 Å². The average molecular weight is 428 g/mol. The van der Waals surface area contributed by atoms with Crippen molar-refractivity contribution < 1.29 is 18.3 Å². The van der Waals surface area contributed by atoms with E-state index in [1.165, 1.54) is 18.9 Å². The first-order chi connectivity index (χ1) is 15.0. The number of nitrogens with two attached hydrogens (primary N) is 1. The quantitative estimate of drug-likeness (QED) is 0.597. The molecule has 0 saturated carbocycles. The number of halogens is 2. The Morgan fingerprint density at radius 1 is 1.10 bits per heavy atom. The lowest BCUT2D eigenvalue weighted by atomic mass is 10.2. The molecule has 0 unspecified atom stereocenters. The summed E-state index contributed by atoms with van der Waals surface area (Å²) in [5.41, 5.74) is 5.61. The van der Waals surface area contributed by atoms with Crippen LogP contribution in [0.1, 0.15) is 23.2 Å². The van der Waals surface area contributed by atoms with E-state index in [0.29, 0.717) is 17.0 Å². The van der Waals surface area contributed by atoms with E-state index >= 15 is 0 Å². The maximum atomic E-state index is 13.9. The molecule has 2 aromatic carbocycles. The number of nitrogens with one attached hydrogen (secondary N) is 1. The first-order valence-corrected chi connectivity index (χ1v) is 9.95. The van der Waals surface area contributed by atoms with Crippen LogP contribution in [0.4, 0.5) is 26.4 Å². The number of hydrogen-bond acceptors (Lipinski definition) is 7. The van der Waals surface area contributed by atoms with Gasteiger partial charge in [-0.15, -0.1) is 5.10 Å². The third kappa shape index (κ3) is 4.80. The molecule has 2 heterocycles. The van der Waals surface area contributed by atoms with Gasteiger partial charge in [-0.1, -0.05) is 6.07 Å². The topological polar surface area (TPSA) is 98.3 Å². The molecule has 1 aliphatic heterocycles. The number of nitrogen functional groups attached to an aromatic ring is 1. The first kappa shape index (κ1) is 20.7. The molecule has 10 heteroatoms. The second-order valence-corrected chi connectivity index (χ2v) is 7.15. The largest absolute Gasteiger partial charge is 0.492 e. The molecule has 1 aliphatic rings. The monoisotopic (exact) mass is 428 g/mol. The number of benzene rings is 2. The van der Waals surface area contributed by atoms with Crippen LogP contribution in [0.3, 0.4) is 0 Å². The summed E-state index contributed by atoms with van der Waals surface area (Å²) >= 11 is 0. The van der Waals surface area contributed by atoms with E-state index in [1.54, 1.807) is 24.3 Å². The van der Waals surface area contributed by atoms with Crippen molar-refractivity contribution in [3.8, 4) is 5.75 Å². The molecular weight excluding hydrogens is 406 g/mol. The highest BCUT2D eigenvalue weighted by molar-refractivity contribution is 5.97. The normalized spacial score (nSPS) is 14.0. The summed E-state index contributed by atoms with van der Waals surface area (Å²) in [7, 11) is 0. The first-order valence-electron chi connectivity index (χ1n) is 9.95.